The lowest BCUT2D eigenvalue weighted by atomic mass is 10.0. The largest absolute Gasteiger partial charge is 0.465 e. The van der Waals surface area contributed by atoms with Crippen LogP contribution in [0, 0.1) is 0 Å². The van der Waals surface area contributed by atoms with Crippen molar-refractivity contribution in [1.29, 1.82) is 0 Å². The Kier molecular flexibility index (Phi) is 7.03. The number of amides is 1. The minimum Gasteiger partial charge on any atom is -0.465 e. The van der Waals surface area contributed by atoms with Crippen molar-refractivity contribution in [3.63, 3.8) is 0 Å². The normalized spacial score (nSPS) is 12.8. The topological polar surface area (TPSA) is 117 Å². The van der Waals surface area contributed by atoms with E-state index >= 15 is 0 Å². The Balaban J connectivity index is 2.76. The number of aliphatic hydroxyl groups excluding tert-OH is 1. The summed E-state index contributed by atoms with van der Waals surface area (Å²) in [5.74, 6) is 0.0189. The van der Waals surface area contributed by atoms with Gasteiger partial charge in [-0.1, -0.05) is 36.3 Å². The van der Waals surface area contributed by atoms with Crippen LogP contribution in [0.25, 0.3) is 0 Å². The molecular formula is C14H21N3O4. The highest BCUT2D eigenvalue weighted by atomic mass is 16.6. The molecule has 0 spiro atoms. The highest BCUT2D eigenvalue weighted by Crippen LogP contribution is 2.08. The van der Waals surface area contributed by atoms with E-state index in [1.54, 1.807) is 0 Å². The van der Waals surface area contributed by atoms with Crippen LogP contribution < -0.4 is 11.1 Å². The number of aliphatic hydroxyl groups is 1. The number of nitrogens with two attached hydrogens (primary N) is 1. The average Bonchev–Trinajstić information content (AvgIpc) is 2.47. The molecule has 1 aromatic carbocycles. The summed E-state index contributed by atoms with van der Waals surface area (Å²) in [6.07, 6.45) is 0.120. The molecule has 116 valence electrons. The van der Waals surface area contributed by atoms with Gasteiger partial charge in [-0.15, -0.1) is 0 Å². The molecule has 21 heavy (non-hydrogen) atoms. The van der Waals surface area contributed by atoms with E-state index in [0.29, 0.717) is 6.42 Å². The van der Waals surface area contributed by atoms with E-state index in [1.807, 2.05) is 24.3 Å². The summed E-state index contributed by atoms with van der Waals surface area (Å²) >= 11 is 0. The number of oxime groups is 1. The molecule has 0 radical (unpaired) electrons. The molecule has 0 fully saturated rings. The minimum atomic E-state index is -1.19. The van der Waals surface area contributed by atoms with E-state index in [0.717, 1.165) is 12.0 Å². The van der Waals surface area contributed by atoms with Gasteiger partial charge in [0, 0.05) is 6.42 Å². The summed E-state index contributed by atoms with van der Waals surface area (Å²) in [6.45, 7) is 1.88. The van der Waals surface area contributed by atoms with Crippen molar-refractivity contribution in [3.05, 3.63) is 35.4 Å². The Morgan fingerprint density at radius 1 is 1.38 bits per heavy atom. The maximum atomic E-state index is 10.8. The zero-order valence-electron chi connectivity index (χ0n) is 12.0. The van der Waals surface area contributed by atoms with Gasteiger partial charge in [0.15, 0.2) is 5.84 Å². The highest BCUT2D eigenvalue weighted by Gasteiger charge is 2.17. The van der Waals surface area contributed by atoms with Gasteiger partial charge in [0.2, 0.25) is 0 Å². The Morgan fingerprint density at radius 3 is 2.52 bits per heavy atom. The summed E-state index contributed by atoms with van der Waals surface area (Å²) in [6, 6.07) is 7.15. The molecule has 0 bridgehead atoms. The monoisotopic (exact) mass is 295 g/mol. The Morgan fingerprint density at radius 2 is 2.00 bits per heavy atom. The van der Waals surface area contributed by atoms with Gasteiger partial charge in [0.05, 0.1) is 12.6 Å². The van der Waals surface area contributed by atoms with Crippen LogP contribution >= 0.6 is 0 Å². The lowest BCUT2D eigenvalue weighted by Crippen LogP contribution is -2.45. The number of hydrogen-bond donors (Lipinski definition) is 4. The second-order valence-corrected chi connectivity index (χ2v) is 4.45. The summed E-state index contributed by atoms with van der Waals surface area (Å²) in [7, 11) is 0. The van der Waals surface area contributed by atoms with Crippen LogP contribution in [0.1, 0.15) is 18.1 Å². The Bertz CT molecular complexity index is 474. The number of carboxylic acid groups (broad SMARTS) is 1. The van der Waals surface area contributed by atoms with Crippen LogP contribution in [-0.2, 0) is 17.7 Å². The van der Waals surface area contributed by atoms with Crippen LogP contribution in [0.3, 0.4) is 0 Å². The van der Waals surface area contributed by atoms with Crippen molar-refractivity contribution in [2.75, 3.05) is 13.2 Å². The number of carbonyl (C=O) groups is 1. The first kappa shape index (κ1) is 16.8. The van der Waals surface area contributed by atoms with Gasteiger partial charge in [-0.05, 0) is 17.5 Å². The summed E-state index contributed by atoms with van der Waals surface area (Å²) < 4.78 is 0. The van der Waals surface area contributed by atoms with Crippen LogP contribution in [0.2, 0.25) is 0 Å². The van der Waals surface area contributed by atoms with Gasteiger partial charge in [0.25, 0.3) is 0 Å². The molecule has 1 amide bonds. The number of aryl methyl sites for hydroxylation is 1. The standard InChI is InChI=1S/C14H21N3O4/c1-2-10-3-5-11(6-4-10)9-12(16-14(19)20)13(15)17-21-8-7-18/h3-6,12,16,18H,2,7-9H2,1H3,(H2,15,17)(H,19,20)/t12-/m0/s1. The van der Waals surface area contributed by atoms with Crippen molar-refractivity contribution in [2.24, 2.45) is 10.9 Å². The molecule has 0 saturated carbocycles. The minimum absolute atomic E-state index is 0.00564. The highest BCUT2D eigenvalue weighted by molar-refractivity contribution is 5.88. The average molecular weight is 295 g/mol. The summed E-state index contributed by atoms with van der Waals surface area (Å²) in [4.78, 5) is 15.6. The SMILES string of the molecule is CCc1ccc(C[C@H](NC(=O)O)C(N)=NOCCO)cc1. The van der Waals surface area contributed by atoms with Crippen LogP contribution in [0.4, 0.5) is 4.79 Å². The van der Waals surface area contributed by atoms with Gasteiger partial charge in [-0.3, -0.25) is 0 Å². The van der Waals surface area contributed by atoms with E-state index in [9.17, 15) is 4.79 Å². The molecule has 1 atom stereocenters. The Labute approximate surface area is 123 Å². The first-order valence-corrected chi connectivity index (χ1v) is 6.70. The van der Waals surface area contributed by atoms with Gasteiger partial charge in [-0.2, -0.15) is 0 Å². The Hall–Kier alpha value is -2.28. The smallest absolute Gasteiger partial charge is 0.405 e. The molecule has 1 aromatic rings. The third-order valence-corrected chi connectivity index (χ3v) is 2.88. The molecule has 5 N–H and O–H groups in total. The second-order valence-electron chi connectivity index (χ2n) is 4.45. The molecule has 0 unspecified atom stereocenters. The fraction of sp³-hybridized carbons (Fsp3) is 0.429. The number of nitrogens with one attached hydrogen (secondary N) is 1. The fourth-order valence-electron chi connectivity index (χ4n) is 1.75. The summed E-state index contributed by atoms with van der Waals surface area (Å²) in [5.41, 5.74) is 7.87. The van der Waals surface area contributed by atoms with Gasteiger partial charge < -0.3 is 26.1 Å². The molecule has 0 heterocycles. The predicted molar refractivity (Wildman–Crippen MR) is 79.1 cm³/mol. The molecule has 0 aliphatic heterocycles. The van der Waals surface area contributed by atoms with Crippen molar-refractivity contribution in [3.8, 4) is 0 Å². The van der Waals surface area contributed by atoms with E-state index in [1.165, 1.54) is 5.56 Å². The lowest BCUT2D eigenvalue weighted by Gasteiger charge is -2.16. The van der Waals surface area contributed by atoms with Crippen LogP contribution in [-0.4, -0.2) is 41.4 Å². The van der Waals surface area contributed by atoms with Crippen molar-refractivity contribution in [1.82, 2.24) is 5.32 Å². The maximum Gasteiger partial charge on any atom is 0.405 e. The number of rotatable bonds is 8. The zero-order chi connectivity index (χ0) is 15.7. The van der Waals surface area contributed by atoms with Gasteiger partial charge in [-0.25, -0.2) is 4.79 Å². The predicted octanol–water partition coefficient (Wildman–Crippen LogP) is 0.709. The molecule has 0 aromatic heterocycles. The number of amidine groups is 1. The molecule has 7 heteroatoms. The van der Waals surface area contributed by atoms with E-state index in [-0.39, 0.29) is 19.0 Å². The first-order valence-electron chi connectivity index (χ1n) is 6.70. The van der Waals surface area contributed by atoms with Crippen LogP contribution in [0.15, 0.2) is 29.4 Å². The molecule has 0 aliphatic carbocycles. The van der Waals surface area contributed by atoms with Gasteiger partial charge >= 0.3 is 6.09 Å². The third-order valence-electron chi connectivity index (χ3n) is 2.88. The van der Waals surface area contributed by atoms with E-state index in [4.69, 9.17) is 20.8 Å². The molecular weight excluding hydrogens is 274 g/mol. The molecule has 0 aliphatic rings. The number of nitrogens with zero attached hydrogens (tertiary/aromatic N) is 1. The zero-order valence-corrected chi connectivity index (χ0v) is 12.0. The van der Waals surface area contributed by atoms with Crippen molar-refractivity contribution < 1.29 is 19.8 Å². The van der Waals surface area contributed by atoms with E-state index < -0.39 is 12.1 Å². The second kappa shape index (κ2) is 8.80. The molecule has 7 nitrogen and oxygen atoms in total. The number of benzene rings is 1. The lowest BCUT2D eigenvalue weighted by molar-refractivity contribution is 0.0974. The molecule has 1 rings (SSSR count). The van der Waals surface area contributed by atoms with Gasteiger partial charge in [0.1, 0.15) is 6.61 Å². The molecule has 0 saturated heterocycles. The van der Waals surface area contributed by atoms with Crippen molar-refractivity contribution >= 4 is 11.9 Å². The fourth-order valence-corrected chi connectivity index (χ4v) is 1.75. The summed E-state index contributed by atoms with van der Waals surface area (Å²) in [5, 5.41) is 23.4. The van der Waals surface area contributed by atoms with E-state index in [2.05, 4.69) is 17.4 Å². The maximum absolute atomic E-state index is 10.8. The van der Waals surface area contributed by atoms with Crippen molar-refractivity contribution in [2.45, 2.75) is 25.8 Å². The van der Waals surface area contributed by atoms with Crippen LogP contribution in [0.5, 0.6) is 0 Å². The first-order chi connectivity index (χ1) is 10.1. The number of hydrogen-bond acceptors (Lipinski definition) is 4. The quantitative estimate of drug-likeness (QED) is 0.244. The third kappa shape index (κ3) is 6.13.